The Balaban J connectivity index is 2.48. The van der Waals surface area contributed by atoms with Crippen LogP contribution in [-0.4, -0.2) is 36.4 Å². The second-order valence-electron chi connectivity index (χ2n) is 5.42. The fourth-order valence-corrected chi connectivity index (χ4v) is 2.27. The summed E-state index contributed by atoms with van der Waals surface area (Å²) in [4.78, 5) is 22.6. The van der Waals surface area contributed by atoms with E-state index in [1.165, 1.54) is 0 Å². The zero-order valence-electron chi connectivity index (χ0n) is 11.2. The van der Waals surface area contributed by atoms with Crippen molar-refractivity contribution >= 4 is 12.0 Å². The van der Waals surface area contributed by atoms with E-state index in [2.05, 4.69) is 5.32 Å². The van der Waals surface area contributed by atoms with Crippen molar-refractivity contribution in [2.45, 2.75) is 38.8 Å². The van der Waals surface area contributed by atoms with Gasteiger partial charge in [-0.25, -0.2) is 4.79 Å². The standard InChI is InChI=1S/C12H19F3N2O3/c1-8-2-4-11(5-3-8,9(18)19)6-16-10(20)17-7-12(13,14)15/h8H,2-7H2,1H3,(H,18,19)(H2,16,17,20). The topological polar surface area (TPSA) is 78.4 Å². The van der Waals surface area contributed by atoms with E-state index in [1.807, 2.05) is 6.92 Å². The largest absolute Gasteiger partial charge is 0.481 e. The number of nitrogens with one attached hydrogen (secondary N) is 2. The quantitative estimate of drug-likeness (QED) is 0.743. The molecular formula is C12H19F3N2O3. The highest BCUT2D eigenvalue weighted by molar-refractivity contribution is 5.78. The van der Waals surface area contributed by atoms with Crippen LogP contribution in [0.2, 0.25) is 0 Å². The molecule has 0 aromatic heterocycles. The lowest BCUT2D eigenvalue weighted by Gasteiger charge is -2.35. The molecular weight excluding hydrogens is 277 g/mol. The highest BCUT2D eigenvalue weighted by Crippen LogP contribution is 2.38. The molecule has 0 bridgehead atoms. The maximum atomic E-state index is 11.9. The first-order valence-electron chi connectivity index (χ1n) is 6.46. The third kappa shape index (κ3) is 4.90. The average Bonchev–Trinajstić information content (AvgIpc) is 2.35. The first kappa shape index (κ1) is 16.6. The first-order valence-corrected chi connectivity index (χ1v) is 6.46. The summed E-state index contributed by atoms with van der Waals surface area (Å²) < 4.78 is 35.8. The second-order valence-corrected chi connectivity index (χ2v) is 5.42. The minimum Gasteiger partial charge on any atom is -0.481 e. The molecule has 0 radical (unpaired) electrons. The van der Waals surface area contributed by atoms with Crippen LogP contribution in [0.25, 0.3) is 0 Å². The Kier molecular flexibility index (Phi) is 5.24. The predicted molar refractivity (Wildman–Crippen MR) is 65.2 cm³/mol. The number of carboxylic acid groups (broad SMARTS) is 1. The Morgan fingerprint density at radius 2 is 1.80 bits per heavy atom. The van der Waals surface area contributed by atoms with Gasteiger partial charge in [-0.1, -0.05) is 6.92 Å². The highest BCUT2D eigenvalue weighted by Gasteiger charge is 2.41. The van der Waals surface area contributed by atoms with E-state index < -0.39 is 30.1 Å². The number of aliphatic carboxylic acids is 1. The molecule has 0 spiro atoms. The zero-order valence-corrected chi connectivity index (χ0v) is 11.2. The summed E-state index contributed by atoms with van der Waals surface area (Å²) in [7, 11) is 0. The first-order chi connectivity index (χ1) is 9.15. The third-order valence-corrected chi connectivity index (χ3v) is 3.72. The predicted octanol–water partition coefficient (Wildman–Crippen LogP) is 2.13. The number of halogens is 3. The molecule has 0 atom stereocenters. The number of amides is 2. The Labute approximate surface area is 114 Å². The van der Waals surface area contributed by atoms with Gasteiger partial charge in [-0.3, -0.25) is 4.79 Å². The summed E-state index contributed by atoms with van der Waals surface area (Å²) in [6.07, 6.45) is -2.18. The summed E-state index contributed by atoms with van der Waals surface area (Å²) in [5.74, 6) is -0.581. The van der Waals surface area contributed by atoms with Crippen LogP contribution in [0, 0.1) is 11.3 Å². The molecule has 116 valence electrons. The third-order valence-electron chi connectivity index (χ3n) is 3.72. The van der Waals surface area contributed by atoms with Crippen molar-refractivity contribution in [2.24, 2.45) is 11.3 Å². The molecule has 0 saturated heterocycles. The van der Waals surface area contributed by atoms with E-state index in [0.717, 1.165) is 12.8 Å². The lowest BCUT2D eigenvalue weighted by Crippen LogP contribution is -2.49. The van der Waals surface area contributed by atoms with E-state index in [-0.39, 0.29) is 6.54 Å². The van der Waals surface area contributed by atoms with E-state index in [0.29, 0.717) is 18.8 Å². The van der Waals surface area contributed by atoms with Gasteiger partial charge >= 0.3 is 18.2 Å². The van der Waals surface area contributed by atoms with Crippen molar-refractivity contribution in [2.75, 3.05) is 13.1 Å². The van der Waals surface area contributed by atoms with Crippen LogP contribution in [0.1, 0.15) is 32.6 Å². The van der Waals surface area contributed by atoms with Crippen molar-refractivity contribution < 1.29 is 27.9 Å². The van der Waals surface area contributed by atoms with E-state index in [4.69, 9.17) is 0 Å². The van der Waals surface area contributed by atoms with Gasteiger partial charge < -0.3 is 15.7 Å². The van der Waals surface area contributed by atoms with Gasteiger partial charge in [0.1, 0.15) is 6.54 Å². The number of hydrogen-bond acceptors (Lipinski definition) is 2. The van der Waals surface area contributed by atoms with Gasteiger partial charge in [-0.05, 0) is 31.6 Å². The Hall–Kier alpha value is -1.47. The van der Waals surface area contributed by atoms with Crippen LogP contribution in [0.4, 0.5) is 18.0 Å². The van der Waals surface area contributed by atoms with Gasteiger partial charge in [0, 0.05) is 6.54 Å². The minimum atomic E-state index is -4.48. The molecule has 0 aromatic rings. The van der Waals surface area contributed by atoms with Crippen LogP contribution >= 0.6 is 0 Å². The molecule has 3 N–H and O–H groups in total. The molecule has 20 heavy (non-hydrogen) atoms. The maximum absolute atomic E-state index is 11.9. The van der Waals surface area contributed by atoms with Crippen molar-refractivity contribution in [3.63, 3.8) is 0 Å². The Morgan fingerprint density at radius 1 is 1.25 bits per heavy atom. The number of carbonyl (C=O) groups is 2. The van der Waals surface area contributed by atoms with E-state index in [9.17, 15) is 27.9 Å². The van der Waals surface area contributed by atoms with Crippen molar-refractivity contribution in [1.29, 1.82) is 0 Å². The smallest absolute Gasteiger partial charge is 0.405 e. The highest BCUT2D eigenvalue weighted by atomic mass is 19.4. The van der Waals surface area contributed by atoms with E-state index >= 15 is 0 Å². The van der Waals surface area contributed by atoms with Gasteiger partial charge in [0.25, 0.3) is 0 Å². The van der Waals surface area contributed by atoms with Gasteiger partial charge in [-0.15, -0.1) is 0 Å². The molecule has 0 heterocycles. The molecule has 1 aliphatic carbocycles. The lowest BCUT2D eigenvalue weighted by molar-refractivity contribution is -0.151. The summed E-state index contributed by atoms with van der Waals surface area (Å²) in [6.45, 7) is 0.434. The number of carbonyl (C=O) groups excluding carboxylic acids is 1. The molecule has 1 saturated carbocycles. The molecule has 0 aromatic carbocycles. The maximum Gasteiger partial charge on any atom is 0.405 e. The monoisotopic (exact) mass is 296 g/mol. The molecule has 1 rings (SSSR count). The minimum absolute atomic E-state index is 0.154. The molecule has 2 amide bonds. The van der Waals surface area contributed by atoms with Gasteiger partial charge in [0.05, 0.1) is 5.41 Å². The number of hydrogen-bond donors (Lipinski definition) is 3. The van der Waals surface area contributed by atoms with Gasteiger partial charge in [0.2, 0.25) is 0 Å². The van der Waals surface area contributed by atoms with Crippen molar-refractivity contribution in [3.8, 4) is 0 Å². The summed E-state index contributed by atoms with van der Waals surface area (Å²) in [6, 6.07) is -0.999. The number of carboxylic acids is 1. The fraction of sp³-hybridized carbons (Fsp3) is 0.833. The lowest BCUT2D eigenvalue weighted by atomic mass is 9.71. The van der Waals surface area contributed by atoms with Crippen LogP contribution in [0.15, 0.2) is 0 Å². The second kappa shape index (κ2) is 6.32. The van der Waals surface area contributed by atoms with Gasteiger partial charge in [-0.2, -0.15) is 13.2 Å². The average molecular weight is 296 g/mol. The van der Waals surface area contributed by atoms with Crippen molar-refractivity contribution in [3.05, 3.63) is 0 Å². The fourth-order valence-electron chi connectivity index (χ4n) is 2.27. The van der Waals surface area contributed by atoms with Crippen molar-refractivity contribution in [1.82, 2.24) is 10.6 Å². The molecule has 0 unspecified atom stereocenters. The summed E-state index contributed by atoms with van der Waals surface area (Å²) in [5.41, 5.74) is -1.07. The molecule has 0 aliphatic heterocycles. The number of alkyl halides is 3. The SMILES string of the molecule is CC1CCC(CNC(=O)NCC(F)(F)F)(C(=O)O)CC1. The van der Waals surface area contributed by atoms with Crippen LogP contribution in [-0.2, 0) is 4.79 Å². The zero-order chi connectivity index (χ0) is 15.4. The van der Waals surface area contributed by atoms with E-state index in [1.54, 1.807) is 5.32 Å². The Morgan fingerprint density at radius 3 is 2.25 bits per heavy atom. The normalized spacial score (nSPS) is 26.9. The van der Waals surface area contributed by atoms with Gasteiger partial charge in [0.15, 0.2) is 0 Å². The summed E-state index contributed by atoms with van der Waals surface area (Å²) >= 11 is 0. The number of rotatable bonds is 4. The molecule has 8 heteroatoms. The van der Waals surface area contributed by atoms with Crippen LogP contribution < -0.4 is 10.6 Å². The molecule has 1 aliphatic rings. The molecule has 1 fully saturated rings. The Bertz CT molecular complexity index is 363. The van der Waals surface area contributed by atoms with Crippen LogP contribution in [0.5, 0.6) is 0 Å². The summed E-state index contributed by atoms with van der Waals surface area (Å²) in [5, 5.41) is 13.2. The van der Waals surface area contributed by atoms with Crippen LogP contribution in [0.3, 0.4) is 0 Å². The number of urea groups is 1. The molecule has 5 nitrogen and oxygen atoms in total.